The Hall–Kier alpha value is -3.23. The second-order valence-corrected chi connectivity index (χ2v) is 5.38. The summed E-state index contributed by atoms with van der Waals surface area (Å²) >= 11 is 0. The van der Waals surface area contributed by atoms with Gasteiger partial charge in [0.1, 0.15) is 5.54 Å². The average molecular weight is 332 g/mol. The number of carbonyl (C=O) groups excluding carboxylic acids is 3. The van der Waals surface area contributed by atoms with Crippen molar-refractivity contribution in [2.45, 2.75) is 25.8 Å². The molecule has 9 nitrogen and oxygen atoms in total. The predicted octanol–water partition coefficient (Wildman–Crippen LogP) is 1.36. The van der Waals surface area contributed by atoms with Crippen LogP contribution in [0.15, 0.2) is 30.3 Å². The van der Waals surface area contributed by atoms with Crippen molar-refractivity contribution in [1.82, 2.24) is 15.8 Å². The quantitative estimate of drug-likeness (QED) is 0.365. The third-order valence-electron chi connectivity index (χ3n) is 3.74. The molecule has 1 aliphatic heterocycles. The lowest BCUT2D eigenvalue weighted by Crippen LogP contribution is -2.48. The standard InChI is InChI=1S/C15H16N4O5/c1-3-15(2)13(21)18(14(22)16-15)17-12(20)9-8-10-6-4-5-7-11(10)19(23)24/h4-9H,3H2,1-2H3,(H,16,22)(H,17,20)/b9-8+. The summed E-state index contributed by atoms with van der Waals surface area (Å²) in [4.78, 5) is 46.2. The van der Waals surface area contributed by atoms with Crippen molar-refractivity contribution in [3.05, 3.63) is 46.0 Å². The van der Waals surface area contributed by atoms with E-state index in [1.165, 1.54) is 24.3 Å². The fourth-order valence-corrected chi connectivity index (χ4v) is 2.13. The Labute approximate surface area is 137 Å². The second-order valence-electron chi connectivity index (χ2n) is 5.38. The number of carbonyl (C=O) groups is 3. The van der Waals surface area contributed by atoms with Gasteiger partial charge in [-0.05, 0) is 25.5 Å². The minimum absolute atomic E-state index is 0.157. The first-order valence-corrected chi connectivity index (χ1v) is 7.17. The Kier molecular flexibility index (Phi) is 4.63. The van der Waals surface area contributed by atoms with Gasteiger partial charge in [0.15, 0.2) is 0 Å². The molecule has 1 aromatic carbocycles. The van der Waals surface area contributed by atoms with E-state index in [2.05, 4.69) is 10.7 Å². The molecule has 1 fully saturated rings. The van der Waals surface area contributed by atoms with E-state index < -0.39 is 28.3 Å². The SMILES string of the molecule is CCC1(C)NC(=O)N(NC(=O)/C=C/c2ccccc2[N+](=O)[O-])C1=O. The number of hydrazine groups is 1. The van der Waals surface area contributed by atoms with Gasteiger partial charge in [-0.25, -0.2) is 4.79 Å². The molecule has 0 aromatic heterocycles. The molecule has 4 amide bonds. The van der Waals surface area contributed by atoms with Gasteiger partial charge in [-0.1, -0.05) is 19.1 Å². The summed E-state index contributed by atoms with van der Waals surface area (Å²) in [7, 11) is 0. The summed E-state index contributed by atoms with van der Waals surface area (Å²) in [5.74, 6) is -1.32. The fourth-order valence-electron chi connectivity index (χ4n) is 2.13. The number of urea groups is 1. The van der Waals surface area contributed by atoms with Gasteiger partial charge in [0, 0.05) is 12.1 Å². The number of hydrogen-bond acceptors (Lipinski definition) is 5. The van der Waals surface area contributed by atoms with E-state index in [9.17, 15) is 24.5 Å². The summed E-state index contributed by atoms with van der Waals surface area (Å²) in [5.41, 5.74) is 1.17. The van der Waals surface area contributed by atoms with Gasteiger partial charge in [0.05, 0.1) is 10.5 Å². The van der Waals surface area contributed by atoms with Crippen molar-refractivity contribution in [2.24, 2.45) is 0 Å². The molecule has 9 heteroatoms. The highest BCUT2D eigenvalue weighted by atomic mass is 16.6. The molecular formula is C15H16N4O5. The van der Waals surface area contributed by atoms with E-state index in [4.69, 9.17) is 0 Å². The van der Waals surface area contributed by atoms with Crippen LogP contribution in [0.1, 0.15) is 25.8 Å². The zero-order valence-corrected chi connectivity index (χ0v) is 13.1. The Morgan fingerprint density at radius 2 is 2.08 bits per heavy atom. The zero-order valence-electron chi connectivity index (χ0n) is 13.1. The largest absolute Gasteiger partial charge is 0.344 e. The molecule has 1 saturated heterocycles. The van der Waals surface area contributed by atoms with Crippen LogP contribution in [0.4, 0.5) is 10.5 Å². The van der Waals surface area contributed by atoms with E-state index in [0.29, 0.717) is 11.4 Å². The number of amides is 4. The highest BCUT2D eigenvalue weighted by molar-refractivity contribution is 6.08. The first-order chi connectivity index (χ1) is 11.3. The number of nitrogens with one attached hydrogen (secondary N) is 2. The third-order valence-corrected chi connectivity index (χ3v) is 3.74. The molecule has 0 bridgehead atoms. The van der Waals surface area contributed by atoms with Crippen LogP contribution in [0.2, 0.25) is 0 Å². The molecule has 0 spiro atoms. The molecule has 24 heavy (non-hydrogen) atoms. The van der Waals surface area contributed by atoms with Gasteiger partial charge in [0.25, 0.3) is 17.5 Å². The molecule has 1 aliphatic rings. The van der Waals surface area contributed by atoms with Gasteiger partial charge in [-0.3, -0.25) is 25.1 Å². The van der Waals surface area contributed by atoms with E-state index >= 15 is 0 Å². The highest BCUT2D eigenvalue weighted by Gasteiger charge is 2.47. The molecule has 0 radical (unpaired) electrons. The average Bonchev–Trinajstić information content (AvgIpc) is 2.77. The zero-order chi connectivity index (χ0) is 17.9. The van der Waals surface area contributed by atoms with Gasteiger partial charge in [0.2, 0.25) is 0 Å². The molecule has 1 aromatic rings. The molecule has 2 N–H and O–H groups in total. The summed E-state index contributed by atoms with van der Waals surface area (Å²) in [6.07, 6.45) is 2.63. The minimum Gasteiger partial charge on any atom is -0.322 e. The monoisotopic (exact) mass is 332 g/mol. The van der Waals surface area contributed by atoms with Gasteiger partial charge < -0.3 is 5.32 Å². The Morgan fingerprint density at radius 1 is 1.42 bits per heavy atom. The lowest BCUT2D eigenvalue weighted by Gasteiger charge is -2.18. The number of nitrogens with zero attached hydrogens (tertiary/aromatic N) is 2. The smallest absolute Gasteiger partial charge is 0.322 e. The number of nitro groups is 1. The second kappa shape index (κ2) is 6.49. The number of rotatable bonds is 5. The summed E-state index contributed by atoms with van der Waals surface area (Å²) in [6.45, 7) is 3.29. The van der Waals surface area contributed by atoms with Crippen LogP contribution in [0, 0.1) is 10.1 Å². The highest BCUT2D eigenvalue weighted by Crippen LogP contribution is 2.20. The van der Waals surface area contributed by atoms with E-state index in [1.807, 2.05) is 0 Å². The first kappa shape index (κ1) is 17.1. The lowest BCUT2D eigenvalue weighted by atomic mass is 10.00. The summed E-state index contributed by atoms with van der Waals surface area (Å²) < 4.78 is 0. The number of hydrogen-bond donors (Lipinski definition) is 2. The van der Waals surface area contributed by atoms with Gasteiger partial charge >= 0.3 is 6.03 Å². The van der Waals surface area contributed by atoms with Crippen LogP contribution in [-0.4, -0.2) is 33.3 Å². The molecule has 1 atom stereocenters. The maximum Gasteiger partial charge on any atom is 0.344 e. The van der Waals surface area contributed by atoms with Crippen molar-refractivity contribution in [1.29, 1.82) is 0 Å². The van der Waals surface area contributed by atoms with Crippen molar-refractivity contribution in [3.63, 3.8) is 0 Å². The fraction of sp³-hybridized carbons (Fsp3) is 0.267. The third kappa shape index (κ3) is 3.24. The predicted molar refractivity (Wildman–Crippen MR) is 84.3 cm³/mol. The van der Waals surface area contributed by atoms with Crippen molar-refractivity contribution >= 4 is 29.6 Å². The molecule has 2 rings (SSSR count). The molecule has 1 heterocycles. The summed E-state index contributed by atoms with van der Waals surface area (Å²) in [5, 5.41) is 14.0. The summed E-state index contributed by atoms with van der Waals surface area (Å²) in [6, 6.07) is 5.16. The van der Waals surface area contributed by atoms with Crippen LogP contribution in [0.3, 0.4) is 0 Å². The molecule has 0 saturated carbocycles. The van der Waals surface area contributed by atoms with E-state index in [1.54, 1.807) is 19.9 Å². The Bertz CT molecular complexity index is 745. The van der Waals surface area contributed by atoms with Crippen LogP contribution in [0.5, 0.6) is 0 Å². The van der Waals surface area contributed by atoms with E-state index in [0.717, 1.165) is 6.08 Å². The van der Waals surface area contributed by atoms with Crippen molar-refractivity contribution < 1.29 is 19.3 Å². The van der Waals surface area contributed by atoms with Crippen LogP contribution in [0.25, 0.3) is 6.08 Å². The molecule has 1 unspecified atom stereocenters. The molecule has 126 valence electrons. The Morgan fingerprint density at radius 3 is 2.67 bits per heavy atom. The number of benzene rings is 1. The molecule has 0 aliphatic carbocycles. The van der Waals surface area contributed by atoms with Crippen LogP contribution < -0.4 is 10.7 Å². The number of nitro benzene ring substituents is 1. The van der Waals surface area contributed by atoms with Crippen molar-refractivity contribution in [2.75, 3.05) is 0 Å². The number of para-hydroxylation sites is 1. The van der Waals surface area contributed by atoms with Gasteiger partial charge in [-0.2, -0.15) is 5.01 Å². The van der Waals surface area contributed by atoms with Crippen molar-refractivity contribution in [3.8, 4) is 0 Å². The van der Waals surface area contributed by atoms with Crippen LogP contribution in [-0.2, 0) is 9.59 Å². The normalized spacial score (nSPS) is 20.3. The molecular weight excluding hydrogens is 316 g/mol. The Balaban J connectivity index is 2.11. The minimum atomic E-state index is -1.06. The van der Waals surface area contributed by atoms with E-state index in [-0.39, 0.29) is 11.3 Å². The maximum absolute atomic E-state index is 12.1. The lowest BCUT2D eigenvalue weighted by molar-refractivity contribution is -0.385. The topological polar surface area (TPSA) is 122 Å². The maximum atomic E-state index is 12.1. The number of imide groups is 1. The first-order valence-electron chi connectivity index (χ1n) is 7.17. The van der Waals surface area contributed by atoms with Crippen LogP contribution >= 0.6 is 0 Å². The van der Waals surface area contributed by atoms with Gasteiger partial charge in [-0.15, -0.1) is 0 Å².